The molecule has 0 radical (unpaired) electrons. The molecule has 0 unspecified atom stereocenters. The van der Waals surface area contributed by atoms with Crippen LogP contribution in [0.3, 0.4) is 0 Å². The molecule has 0 spiro atoms. The Hall–Kier alpha value is -3.38. The van der Waals surface area contributed by atoms with Gasteiger partial charge in [-0.3, -0.25) is 14.5 Å². The number of aromatic nitrogens is 6. The van der Waals surface area contributed by atoms with Gasteiger partial charge in [-0.25, -0.2) is 23.5 Å². The molecule has 0 amide bonds. The number of imidazole rings is 1. The summed E-state index contributed by atoms with van der Waals surface area (Å²) in [5, 5.41) is 4.27. The molecule has 2 aliphatic carbocycles. The van der Waals surface area contributed by atoms with Gasteiger partial charge in [0.15, 0.2) is 0 Å². The van der Waals surface area contributed by atoms with E-state index < -0.39 is 23.8 Å². The third kappa shape index (κ3) is 5.01. The molecule has 41 heavy (non-hydrogen) atoms. The number of anilines is 1. The molecule has 1 saturated heterocycles. The maximum Gasteiger partial charge on any atom is 0.439 e. The van der Waals surface area contributed by atoms with Crippen molar-refractivity contribution in [1.82, 2.24) is 29.7 Å². The lowest BCUT2D eigenvalue weighted by molar-refractivity contribution is -0.0208. The first-order valence-electron chi connectivity index (χ1n) is 14.1. The Morgan fingerprint density at radius 1 is 1.15 bits per heavy atom. The minimum Gasteiger partial charge on any atom is -0.374 e. The first-order valence-corrected chi connectivity index (χ1v) is 14.5. The second-order valence-corrected chi connectivity index (χ2v) is 12.1. The van der Waals surface area contributed by atoms with E-state index in [2.05, 4.69) is 26.6 Å². The number of pyridine rings is 2. The van der Waals surface area contributed by atoms with Crippen LogP contribution in [0.25, 0.3) is 33.8 Å². The average molecular weight is 586 g/mol. The van der Waals surface area contributed by atoms with Crippen LogP contribution in [0, 0.1) is 11.8 Å². The van der Waals surface area contributed by atoms with E-state index in [4.69, 9.17) is 30.8 Å². The highest BCUT2D eigenvalue weighted by molar-refractivity contribution is 6.30. The number of aromatic amines is 1. The van der Waals surface area contributed by atoms with E-state index in [1.54, 1.807) is 24.5 Å². The summed E-state index contributed by atoms with van der Waals surface area (Å²) in [6, 6.07) is 3.03. The zero-order valence-electron chi connectivity index (χ0n) is 22.5. The Morgan fingerprint density at radius 2 is 1.98 bits per heavy atom. The Morgan fingerprint density at radius 3 is 2.73 bits per heavy atom. The van der Waals surface area contributed by atoms with Gasteiger partial charge in [0.1, 0.15) is 5.69 Å². The zero-order valence-corrected chi connectivity index (χ0v) is 23.3. The first-order chi connectivity index (χ1) is 19.7. The van der Waals surface area contributed by atoms with Crippen LogP contribution in [0.15, 0.2) is 33.8 Å². The molecule has 3 fully saturated rings. The normalized spacial score (nSPS) is 26.0. The summed E-state index contributed by atoms with van der Waals surface area (Å²) in [6.07, 6.45) is 6.53. The zero-order chi connectivity index (χ0) is 28.3. The van der Waals surface area contributed by atoms with Gasteiger partial charge in [0.2, 0.25) is 11.8 Å². The van der Waals surface area contributed by atoms with Crippen molar-refractivity contribution in [3.8, 4) is 22.8 Å². The summed E-state index contributed by atoms with van der Waals surface area (Å²) >= 11 is 6.35. The highest BCUT2D eigenvalue weighted by Crippen LogP contribution is 2.44. The van der Waals surface area contributed by atoms with E-state index >= 15 is 0 Å². The molecule has 2 atom stereocenters. The van der Waals surface area contributed by atoms with Crippen LogP contribution in [0.5, 0.6) is 0 Å². The predicted molar refractivity (Wildman–Crippen MR) is 148 cm³/mol. The number of hydrogen-bond donors (Lipinski definition) is 1. The van der Waals surface area contributed by atoms with Crippen LogP contribution in [-0.2, 0) is 11.3 Å². The fourth-order valence-corrected chi connectivity index (χ4v) is 6.83. The number of halogens is 3. The summed E-state index contributed by atoms with van der Waals surface area (Å²) in [7, 11) is 0. The quantitative estimate of drug-likeness (QED) is 0.335. The second-order valence-electron chi connectivity index (χ2n) is 11.6. The van der Waals surface area contributed by atoms with Crippen LogP contribution in [-0.4, -0.2) is 60.9 Å². The van der Waals surface area contributed by atoms with Gasteiger partial charge in [0.05, 0.1) is 40.5 Å². The molecule has 1 aliphatic heterocycles. The molecule has 2 saturated carbocycles. The van der Waals surface area contributed by atoms with Crippen molar-refractivity contribution in [1.29, 1.82) is 0 Å². The number of alkyl halides is 2. The van der Waals surface area contributed by atoms with Crippen molar-refractivity contribution >= 4 is 28.6 Å². The van der Waals surface area contributed by atoms with E-state index in [0.717, 1.165) is 31.2 Å². The van der Waals surface area contributed by atoms with Crippen molar-refractivity contribution in [2.75, 3.05) is 18.1 Å². The fraction of sp³-hybridized carbons (Fsp3) is 0.536. The van der Waals surface area contributed by atoms with E-state index in [1.165, 1.54) is 0 Å². The molecule has 1 N–H and O–H groups in total. The van der Waals surface area contributed by atoms with E-state index in [9.17, 15) is 13.6 Å². The van der Waals surface area contributed by atoms with Gasteiger partial charge < -0.3 is 14.2 Å². The van der Waals surface area contributed by atoms with E-state index in [1.807, 2.05) is 4.90 Å². The lowest BCUT2D eigenvalue weighted by atomic mass is 9.83. The standard InChI is InChI=1S/C28H30ClF2N7O3/c1-15-2-4-16(5-3-15)14-38-24-19(34-26(38)37-6-7-40-22-11-28(30,31)10-21(22)37)9-20(25-35-27(39)41-36-25)33-23(24)17-8-18(29)13-32-12-17/h8-9,12-13,15-16,21-22H,2-7,10-11,14H2,1H3,(H,35,36,39)/t15?,16?,21-,22-/m1/s1. The maximum absolute atomic E-state index is 14.6. The van der Waals surface area contributed by atoms with Crippen molar-refractivity contribution in [3.05, 3.63) is 40.1 Å². The first kappa shape index (κ1) is 26.5. The summed E-state index contributed by atoms with van der Waals surface area (Å²) in [4.78, 5) is 30.6. The molecule has 216 valence electrons. The SMILES string of the molecule is CC1CCC(Cn2c(N3CCO[C@@H]4CC(F)(F)C[C@H]43)nc3cc(-c4noc(=O)[nH]4)nc(-c4cncc(Cl)c4)c32)CC1. The average Bonchev–Trinajstić information content (AvgIpc) is 3.63. The van der Waals surface area contributed by atoms with Crippen molar-refractivity contribution in [2.45, 2.75) is 70.1 Å². The summed E-state index contributed by atoms with van der Waals surface area (Å²) in [5.74, 6) is -1.62. The van der Waals surface area contributed by atoms with Crippen LogP contribution in [0.4, 0.5) is 14.7 Å². The van der Waals surface area contributed by atoms with Gasteiger partial charge in [-0.15, -0.1) is 0 Å². The summed E-state index contributed by atoms with van der Waals surface area (Å²) in [6.45, 7) is 3.75. The molecule has 4 aromatic heterocycles. The number of ether oxygens (including phenoxy) is 1. The number of H-pyrrole nitrogens is 1. The lowest BCUT2D eigenvalue weighted by Crippen LogP contribution is -2.49. The highest BCUT2D eigenvalue weighted by Gasteiger charge is 2.51. The molecule has 4 aromatic rings. The molecule has 10 nitrogen and oxygen atoms in total. The van der Waals surface area contributed by atoms with Gasteiger partial charge >= 0.3 is 5.76 Å². The minimum absolute atomic E-state index is 0.160. The Balaban J connectivity index is 1.44. The molecular formula is C28H30ClF2N7O3. The molecular weight excluding hydrogens is 556 g/mol. The third-order valence-electron chi connectivity index (χ3n) is 8.70. The molecule has 0 bridgehead atoms. The fourth-order valence-electron chi connectivity index (χ4n) is 6.66. The predicted octanol–water partition coefficient (Wildman–Crippen LogP) is 5.32. The largest absolute Gasteiger partial charge is 0.439 e. The van der Waals surface area contributed by atoms with Gasteiger partial charge in [-0.1, -0.05) is 36.5 Å². The molecule has 0 aromatic carbocycles. The van der Waals surface area contributed by atoms with Gasteiger partial charge in [-0.05, 0) is 36.8 Å². The number of nitrogens with zero attached hydrogens (tertiary/aromatic N) is 6. The van der Waals surface area contributed by atoms with Crippen LogP contribution < -0.4 is 10.7 Å². The molecule has 3 aliphatic rings. The maximum atomic E-state index is 14.6. The highest BCUT2D eigenvalue weighted by atomic mass is 35.5. The van der Waals surface area contributed by atoms with Crippen molar-refractivity contribution in [3.63, 3.8) is 0 Å². The van der Waals surface area contributed by atoms with E-state index in [0.29, 0.717) is 65.0 Å². The minimum atomic E-state index is -2.79. The van der Waals surface area contributed by atoms with Crippen LogP contribution in [0.2, 0.25) is 5.02 Å². The van der Waals surface area contributed by atoms with Crippen LogP contribution in [0.1, 0.15) is 45.4 Å². The summed E-state index contributed by atoms with van der Waals surface area (Å²) in [5.41, 5.74) is 2.92. The number of fused-ring (bicyclic) bond motifs is 2. The molecule has 7 rings (SSSR count). The molecule has 5 heterocycles. The number of rotatable bonds is 5. The lowest BCUT2D eigenvalue weighted by Gasteiger charge is -2.38. The second kappa shape index (κ2) is 10.2. The number of nitrogens with one attached hydrogen (secondary N) is 1. The van der Waals surface area contributed by atoms with E-state index in [-0.39, 0.29) is 18.7 Å². The third-order valence-corrected chi connectivity index (χ3v) is 8.91. The number of hydrogen-bond acceptors (Lipinski definition) is 8. The Labute approximate surface area is 239 Å². The van der Waals surface area contributed by atoms with Gasteiger partial charge in [0, 0.05) is 43.9 Å². The van der Waals surface area contributed by atoms with Crippen molar-refractivity contribution in [2.24, 2.45) is 11.8 Å². The molecule has 13 heteroatoms. The Kier molecular flexibility index (Phi) is 6.57. The van der Waals surface area contributed by atoms with Gasteiger partial charge in [0.25, 0.3) is 5.92 Å². The number of morpholine rings is 1. The monoisotopic (exact) mass is 585 g/mol. The smallest absolute Gasteiger partial charge is 0.374 e. The van der Waals surface area contributed by atoms with Crippen LogP contribution >= 0.6 is 11.6 Å². The topological polar surface area (TPSA) is 115 Å². The van der Waals surface area contributed by atoms with Crippen molar-refractivity contribution < 1.29 is 18.0 Å². The Bertz CT molecular complexity index is 1650. The summed E-state index contributed by atoms with van der Waals surface area (Å²) < 4.78 is 41.9. The van der Waals surface area contributed by atoms with Gasteiger partial charge in [-0.2, -0.15) is 0 Å².